The summed E-state index contributed by atoms with van der Waals surface area (Å²) < 4.78 is 4.54. The van der Waals surface area contributed by atoms with Gasteiger partial charge in [0.25, 0.3) is 0 Å². The summed E-state index contributed by atoms with van der Waals surface area (Å²) in [4.78, 5) is 13.1. The number of likely N-dealkylation sites (tertiary alicyclic amines) is 1. The number of carbonyl (C=O) groups excluding carboxylic acids is 1. The smallest absolute Gasteiger partial charge is 0.332 e. The summed E-state index contributed by atoms with van der Waals surface area (Å²) in [6.45, 7) is 4.08. The Labute approximate surface area is 73.0 Å². The Morgan fingerprint density at radius 2 is 2.00 bits per heavy atom. The lowest BCUT2D eigenvalue weighted by atomic mass is 10.4. The molecule has 1 aliphatic heterocycles. The second kappa shape index (κ2) is 4.14. The molecule has 3 heteroatoms. The van der Waals surface area contributed by atoms with Crippen LogP contribution in [0.25, 0.3) is 0 Å². The SMILES string of the molecule is COC(=O)C=C(C)N1CCCC1. The molecule has 1 aliphatic rings. The summed E-state index contributed by atoms with van der Waals surface area (Å²) in [5.41, 5.74) is 1.01. The predicted molar refractivity (Wildman–Crippen MR) is 46.6 cm³/mol. The molecular weight excluding hydrogens is 154 g/mol. The molecule has 0 aromatic heterocycles. The molecule has 0 N–H and O–H groups in total. The van der Waals surface area contributed by atoms with Crippen molar-refractivity contribution in [2.45, 2.75) is 19.8 Å². The molecule has 68 valence electrons. The van der Waals surface area contributed by atoms with E-state index in [1.807, 2.05) is 6.92 Å². The number of methoxy groups -OCH3 is 1. The first-order valence-corrected chi connectivity index (χ1v) is 4.25. The van der Waals surface area contributed by atoms with E-state index in [0.717, 1.165) is 18.8 Å². The molecule has 1 saturated heterocycles. The van der Waals surface area contributed by atoms with Crippen molar-refractivity contribution in [1.82, 2.24) is 4.90 Å². The lowest BCUT2D eigenvalue weighted by Gasteiger charge is -2.17. The molecule has 0 radical (unpaired) electrons. The molecule has 0 spiro atoms. The van der Waals surface area contributed by atoms with E-state index in [2.05, 4.69) is 9.64 Å². The van der Waals surface area contributed by atoms with Gasteiger partial charge in [-0.3, -0.25) is 0 Å². The van der Waals surface area contributed by atoms with Gasteiger partial charge in [-0.15, -0.1) is 0 Å². The Morgan fingerprint density at radius 3 is 2.50 bits per heavy atom. The third-order valence-electron chi connectivity index (χ3n) is 2.13. The molecule has 1 rings (SSSR count). The maximum Gasteiger partial charge on any atom is 0.332 e. The topological polar surface area (TPSA) is 29.5 Å². The molecule has 0 aromatic rings. The molecule has 1 fully saturated rings. The van der Waals surface area contributed by atoms with Gasteiger partial charge in [0.05, 0.1) is 7.11 Å². The minimum Gasteiger partial charge on any atom is -0.466 e. The van der Waals surface area contributed by atoms with Gasteiger partial charge in [-0.05, 0) is 19.8 Å². The van der Waals surface area contributed by atoms with E-state index in [4.69, 9.17) is 0 Å². The van der Waals surface area contributed by atoms with Crippen molar-refractivity contribution >= 4 is 5.97 Å². The van der Waals surface area contributed by atoms with Crippen molar-refractivity contribution in [3.05, 3.63) is 11.8 Å². The summed E-state index contributed by atoms with van der Waals surface area (Å²) >= 11 is 0. The van der Waals surface area contributed by atoms with Crippen LogP contribution in [0.4, 0.5) is 0 Å². The van der Waals surface area contributed by atoms with E-state index in [9.17, 15) is 4.79 Å². The van der Waals surface area contributed by atoms with Gasteiger partial charge < -0.3 is 9.64 Å². The molecule has 0 unspecified atom stereocenters. The number of nitrogens with zero attached hydrogens (tertiary/aromatic N) is 1. The van der Waals surface area contributed by atoms with Crippen molar-refractivity contribution in [3.8, 4) is 0 Å². The van der Waals surface area contributed by atoms with Crippen molar-refractivity contribution in [1.29, 1.82) is 0 Å². The van der Waals surface area contributed by atoms with Gasteiger partial charge in [-0.25, -0.2) is 4.79 Å². The van der Waals surface area contributed by atoms with Crippen LogP contribution < -0.4 is 0 Å². The number of allylic oxidation sites excluding steroid dienone is 1. The van der Waals surface area contributed by atoms with Gasteiger partial charge in [0.1, 0.15) is 0 Å². The first-order valence-electron chi connectivity index (χ1n) is 4.25. The Balaban J connectivity index is 2.49. The van der Waals surface area contributed by atoms with Crippen molar-refractivity contribution in [2.75, 3.05) is 20.2 Å². The van der Waals surface area contributed by atoms with Gasteiger partial charge in [0, 0.05) is 24.9 Å². The summed E-state index contributed by atoms with van der Waals surface area (Å²) in [7, 11) is 1.40. The van der Waals surface area contributed by atoms with E-state index in [0.29, 0.717) is 0 Å². The lowest BCUT2D eigenvalue weighted by molar-refractivity contribution is -0.134. The fourth-order valence-electron chi connectivity index (χ4n) is 1.39. The van der Waals surface area contributed by atoms with Crippen LogP contribution >= 0.6 is 0 Å². The molecule has 1 heterocycles. The fourth-order valence-corrected chi connectivity index (χ4v) is 1.39. The average molecular weight is 169 g/mol. The highest BCUT2D eigenvalue weighted by Gasteiger charge is 2.12. The maximum absolute atomic E-state index is 10.9. The monoisotopic (exact) mass is 169 g/mol. The molecular formula is C9H15NO2. The zero-order valence-electron chi connectivity index (χ0n) is 7.67. The van der Waals surface area contributed by atoms with E-state index < -0.39 is 0 Å². The second-order valence-corrected chi connectivity index (χ2v) is 3.00. The fraction of sp³-hybridized carbons (Fsp3) is 0.667. The van der Waals surface area contributed by atoms with Gasteiger partial charge >= 0.3 is 5.97 Å². The highest BCUT2D eigenvalue weighted by molar-refractivity contribution is 5.82. The van der Waals surface area contributed by atoms with Crippen LogP contribution in [-0.2, 0) is 9.53 Å². The Hall–Kier alpha value is -0.990. The third-order valence-corrected chi connectivity index (χ3v) is 2.13. The Morgan fingerprint density at radius 1 is 1.42 bits per heavy atom. The van der Waals surface area contributed by atoms with Gasteiger partial charge in [0.15, 0.2) is 0 Å². The van der Waals surface area contributed by atoms with E-state index in [1.54, 1.807) is 6.08 Å². The van der Waals surface area contributed by atoms with Crippen molar-refractivity contribution in [3.63, 3.8) is 0 Å². The van der Waals surface area contributed by atoms with Gasteiger partial charge in [0.2, 0.25) is 0 Å². The molecule has 3 nitrogen and oxygen atoms in total. The molecule has 0 aliphatic carbocycles. The number of rotatable bonds is 2. The van der Waals surface area contributed by atoms with Gasteiger partial charge in [-0.1, -0.05) is 0 Å². The van der Waals surface area contributed by atoms with E-state index >= 15 is 0 Å². The predicted octanol–water partition coefficient (Wildman–Crippen LogP) is 1.16. The summed E-state index contributed by atoms with van der Waals surface area (Å²) in [6, 6.07) is 0. The number of hydrogen-bond donors (Lipinski definition) is 0. The number of esters is 1. The minimum atomic E-state index is -0.264. The molecule has 0 aromatic carbocycles. The first kappa shape index (κ1) is 9.10. The van der Waals surface area contributed by atoms with Crippen LogP contribution in [-0.4, -0.2) is 31.1 Å². The second-order valence-electron chi connectivity index (χ2n) is 3.00. The van der Waals surface area contributed by atoms with Crippen molar-refractivity contribution in [2.24, 2.45) is 0 Å². The third kappa shape index (κ3) is 2.26. The molecule has 12 heavy (non-hydrogen) atoms. The number of carbonyl (C=O) groups is 1. The van der Waals surface area contributed by atoms with Crippen LogP contribution in [0.1, 0.15) is 19.8 Å². The molecule has 0 bridgehead atoms. The van der Waals surface area contributed by atoms with Gasteiger partial charge in [-0.2, -0.15) is 0 Å². The van der Waals surface area contributed by atoms with E-state index in [-0.39, 0.29) is 5.97 Å². The summed E-state index contributed by atoms with van der Waals surface area (Å²) in [6.07, 6.45) is 4.00. The van der Waals surface area contributed by atoms with Crippen LogP contribution in [0, 0.1) is 0 Å². The quantitative estimate of drug-likeness (QED) is 0.459. The highest BCUT2D eigenvalue weighted by Crippen LogP contribution is 2.13. The Kier molecular flexibility index (Phi) is 3.14. The van der Waals surface area contributed by atoms with E-state index in [1.165, 1.54) is 20.0 Å². The molecule has 0 saturated carbocycles. The lowest BCUT2D eigenvalue weighted by Crippen LogP contribution is -2.17. The van der Waals surface area contributed by atoms with Crippen LogP contribution in [0.2, 0.25) is 0 Å². The standard InChI is InChI=1S/C9H15NO2/c1-8(7-9(11)12-2)10-5-3-4-6-10/h7H,3-6H2,1-2H3. The van der Waals surface area contributed by atoms with Crippen molar-refractivity contribution < 1.29 is 9.53 Å². The zero-order valence-corrected chi connectivity index (χ0v) is 7.67. The largest absolute Gasteiger partial charge is 0.466 e. The number of ether oxygens (including phenoxy) is 1. The van der Waals surface area contributed by atoms with Crippen LogP contribution in [0.5, 0.6) is 0 Å². The normalized spacial score (nSPS) is 18.2. The maximum atomic E-state index is 10.9. The zero-order chi connectivity index (χ0) is 8.97. The van der Waals surface area contributed by atoms with Crippen LogP contribution in [0.3, 0.4) is 0 Å². The summed E-state index contributed by atoms with van der Waals surface area (Å²) in [5.74, 6) is -0.264. The average Bonchev–Trinajstić information content (AvgIpc) is 2.56. The number of hydrogen-bond acceptors (Lipinski definition) is 3. The molecule has 0 amide bonds. The first-order chi connectivity index (χ1) is 5.74. The molecule has 0 atom stereocenters. The summed E-state index contributed by atoms with van der Waals surface area (Å²) in [5, 5.41) is 0. The highest BCUT2D eigenvalue weighted by atomic mass is 16.5. The Bertz CT molecular complexity index is 193. The van der Waals surface area contributed by atoms with Crippen LogP contribution in [0.15, 0.2) is 11.8 Å². The minimum absolute atomic E-state index is 0.264.